The second kappa shape index (κ2) is 5.76. The molecule has 0 aliphatic heterocycles. The number of nitriles is 1. The maximum absolute atomic E-state index is 11.3. The van der Waals surface area contributed by atoms with E-state index >= 15 is 0 Å². The molecule has 16 heavy (non-hydrogen) atoms. The van der Waals surface area contributed by atoms with E-state index < -0.39 is 0 Å². The van der Waals surface area contributed by atoms with Gasteiger partial charge in [0.2, 0.25) is 0 Å². The zero-order chi connectivity index (χ0) is 12.0. The molecule has 84 valence electrons. The summed E-state index contributed by atoms with van der Waals surface area (Å²) in [4.78, 5) is 12.8. The minimum Gasteiger partial charge on any atom is -0.450 e. The van der Waals surface area contributed by atoms with Crippen molar-refractivity contribution in [3.05, 3.63) is 35.4 Å². The quantitative estimate of drug-likeness (QED) is 0.781. The summed E-state index contributed by atoms with van der Waals surface area (Å²) in [5.74, 6) is 0. The Balaban J connectivity index is 2.59. The second-order valence-electron chi connectivity index (χ2n) is 3.36. The van der Waals surface area contributed by atoms with Gasteiger partial charge in [0.1, 0.15) is 0 Å². The normalized spacial score (nSPS) is 9.31. The van der Waals surface area contributed by atoms with E-state index in [0.717, 1.165) is 5.56 Å². The van der Waals surface area contributed by atoms with Crippen molar-refractivity contribution in [2.24, 2.45) is 0 Å². The number of hydrogen-bond acceptors (Lipinski definition) is 3. The lowest BCUT2D eigenvalue weighted by molar-refractivity contribution is 0.114. The van der Waals surface area contributed by atoms with Crippen LogP contribution in [0.3, 0.4) is 0 Å². The molecule has 4 nitrogen and oxygen atoms in total. The smallest absolute Gasteiger partial charge is 0.409 e. The standard InChI is InChI=1S/C12H14N2O2/c1-3-16-12(15)14(2)9-11-6-4-10(8-13)5-7-11/h4-7H,3,9H2,1-2H3. The van der Waals surface area contributed by atoms with Crippen molar-refractivity contribution in [2.45, 2.75) is 13.5 Å². The number of benzene rings is 1. The highest BCUT2D eigenvalue weighted by atomic mass is 16.5. The summed E-state index contributed by atoms with van der Waals surface area (Å²) >= 11 is 0. The van der Waals surface area contributed by atoms with Gasteiger partial charge < -0.3 is 9.64 Å². The Morgan fingerprint density at radius 1 is 1.44 bits per heavy atom. The summed E-state index contributed by atoms with van der Waals surface area (Å²) in [5.41, 5.74) is 1.58. The van der Waals surface area contributed by atoms with Crippen molar-refractivity contribution < 1.29 is 9.53 Å². The molecule has 0 aliphatic rings. The third-order valence-electron chi connectivity index (χ3n) is 2.08. The topological polar surface area (TPSA) is 53.3 Å². The van der Waals surface area contributed by atoms with Crippen LogP contribution in [0.5, 0.6) is 0 Å². The minimum absolute atomic E-state index is 0.341. The van der Waals surface area contributed by atoms with Gasteiger partial charge in [-0.3, -0.25) is 0 Å². The van der Waals surface area contributed by atoms with Gasteiger partial charge in [-0.05, 0) is 24.6 Å². The van der Waals surface area contributed by atoms with Crippen molar-refractivity contribution in [1.29, 1.82) is 5.26 Å². The molecule has 1 aromatic carbocycles. The first-order valence-corrected chi connectivity index (χ1v) is 5.04. The molecular formula is C12H14N2O2. The first-order chi connectivity index (χ1) is 7.67. The Labute approximate surface area is 95.0 Å². The van der Waals surface area contributed by atoms with Crippen molar-refractivity contribution in [2.75, 3.05) is 13.7 Å². The maximum Gasteiger partial charge on any atom is 0.409 e. The van der Waals surface area contributed by atoms with Crippen LogP contribution in [0.2, 0.25) is 0 Å². The summed E-state index contributed by atoms with van der Waals surface area (Å²) in [6, 6.07) is 9.16. The molecule has 4 heteroatoms. The molecule has 0 heterocycles. The molecule has 1 aromatic rings. The molecular weight excluding hydrogens is 204 g/mol. The lowest BCUT2D eigenvalue weighted by atomic mass is 10.1. The van der Waals surface area contributed by atoms with Crippen molar-refractivity contribution in [1.82, 2.24) is 4.90 Å². The Bertz CT molecular complexity index is 392. The van der Waals surface area contributed by atoms with E-state index in [0.29, 0.717) is 18.7 Å². The molecule has 1 rings (SSSR count). The van der Waals surface area contributed by atoms with Gasteiger partial charge in [0.25, 0.3) is 0 Å². The monoisotopic (exact) mass is 218 g/mol. The van der Waals surface area contributed by atoms with Crippen LogP contribution in [0, 0.1) is 11.3 Å². The highest BCUT2D eigenvalue weighted by Crippen LogP contribution is 2.06. The first-order valence-electron chi connectivity index (χ1n) is 5.04. The van der Waals surface area contributed by atoms with Crippen LogP contribution in [0.4, 0.5) is 4.79 Å². The summed E-state index contributed by atoms with van der Waals surface area (Å²) in [5, 5.41) is 8.63. The SMILES string of the molecule is CCOC(=O)N(C)Cc1ccc(C#N)cc1. The summed E-state index contributed by atoms with van der Waals surface area (Å²) in [6.45, 7) is 2.62. The number of rotatable bonds is 3. The number of nitrogens with zero attached hydrogens (tertiary/aromatic N) is 2. The highest BCUT2D eigenvalue weighted by Gasteiger charge is 2.09. The molecule has 1 amide bonds. The average Bonchev–Trinajstić information content (AvgIpc) is 2.30. The van der Waals surface area contributed by atoms with Crippen LogP contribution < -0.4 is 0 Å². The van der Waals surface area contributed by atoms with Gasteiger partial charge in [0, 0.05) is 13.6 Å². The predicted molar refractivity (Wildman–Crippen MR) is 59.6 cm³/mol. The summed E-state index contributed by atoms with van der Waals surface area (Å²) < 4.78 is 4.86. The van der Waals surface area contributed by atoms with Crippen LogP contribution in [0.15, 0.2) is 24.3 Å². The van der Waals surface area contributed by atoms with Crippen molar-refractivity contribution >= 4 is 6.09 Å². The summed E-state index contributed by atoms with van der Waals surface area (Å²) in [6.07, 6.45) is -0.341. The van der Waals surface area contributed by atoms with Gasteiger partial charge >= 0.3 is 6.09 Å². The lowest BCUT2D eigenvalue weighted by Crippen LogP contribution is -2.26. The molecule has 0 saturated carbocycles. The van der Waals surface area contributed by atoms with Gasteiger partial charge in [-0.1, -0.05) is 12.1 Å². The number of carbonyl (C=O) groups excluding carboxylic acids is 1. The first kappa shape index (κ1) is 12.1. The predicted octanol–water partition coefficient (Wildman–Crippen LogP) is 2.15. The molecule has 0 fully saturated rings. The fraction of sp³-hybridized carbons (Fsp3) is 0.333. The Kier molecular flexibility index (Phi) is 4.34. The van der Waals surface area contributed by atoms with E-state index in [1.165, 1.54) is 4.90 Å². The maximum atomic E-state index is 11.3. The zero-order valence-electron chi connectivity index (χ0n) is 9.43. The number of amides is 1. The van der Waals surface area contributed by atoms with Crippen LogP contribution in [-0.4, -0.2) is 24.6 Å². The average molecular weight is 218 g/mol. The molecule has 0 spiro atoms. The molecule has 0 unspecified atom stereocenters. The van der Waals surface area contributed by atoms with Gasteiger partial charge in [0.05, 0.1) is 18.2 Å². The minimum atomic E-state index is -0.341. The van der Waals surface area contributed by atoms with Gasteiger partial charge in [-0.15, -0.1) is 0 Å². The summed E-state index contributed by atoms with van der Waals surface area (Å²) in [7, 11) is 1.68. The fourth-order valence-electron chi connectivity index (χ4n) is 1.26. The Morgan fingerprint density at radius 2 is 2.06 bits per heavy atom. The highest BCUT2D eigenvalue weighted by molar-refractivity contribution is 5.67. The fourth-order valence-corrected chi connectivity index (χ4v) is 1.26. The second-order valence-corrected chi connectivity index (χ2v) is 3.36. The van der Waals surface area contributed by atoms with Gasteiger partial charge in [0.15, 0.2) is 0 Å². The van der Waals surface area contributed by atoms with Crippen LogP contribution in [0.25, 0.3) is 0 Å². The van der Waals surface area contributed by atoms with E-state index in [4.69, 9.17) is 10.00 Å². The van der Waals surface area contributed by atoms with Crippen LogP contribution in [-0.2, 0) is 11.3 Å². The zero-order valence-corrected chi connectivity index (χ0v) is 9.43. The number of ether oxygens (including phenoxy) is 1. The van der Waals surface area contributed by atoms with E-state index in [1.54, 1.807) is 26.1 Å². The molecule has 0 atom stereocenters. The van der Waals surface area contributed by atoms with E-state index in [2.05, 4.69) is 0 Å². The van der Waals surface area contributed by atoms with Gasteiger partial charge in [-0.2, -0.15) is 5.26 Å². The van der Waals surface area contributed by atoms with Crippen LogP contribution >= 0.6 is 0 Å². The third-order valence-corrected chi connectivity index (χ3v) is 2.08. The Morgan fingerprint density at radius 3 is 2.56 bits per heavy atom. The van der Waals surface area contributed by atoms with E-state index in [9.17, 15) is 4.79 Å². The Hall–Kier alpha value is -2.02. The molecule has 0 aromatic heterocycles. The third kappa shape index (κ3) is 3.28. The molecule has 0 saturated heterocycles. The van der Waals surface area contributed by atoms with Gasteiger partial charge in [-0.25, -0.2) is 4.79 Å². The van der Waals surface area contributed by atoms with Crippen molar-refractivity contribution in [3.63, 3.8) is 0 Å². The lowest BCUT2D eigenvalue weighted by Gasteiger charge is -2.16. The largest absolute Gasteiger partial charge is 0.450 e. The van der Waals surface area contributed by atoms with Crippen molar-refractivity contribution in [3.8, 4) is 6.07 Å². The van der Waals surface area contributed by atoms with E-state index in [-0.39, 0.29) is 6.09 Å². The number of carbonyl (C=O) groups is 1. The van der Waals surface area contributed by atoms with Crippen LogP contribution in [0.1, 0.15) is 18.1 Å². The van der Waals surface area contributed by atoms with E-state index in [1.807, 2.05) is 18.2 Å². The molecule has 0 N–H and O–H groups in total. The molecule has 0 aliphatic carbocycles. The molecule has 0 radical (unpaired) electrons. The molecule has 0 bridgehead atoms. The number of hydrogen-bond donors (Lipinski definition) is 0.